The first-order chi connectivity index (χ1) is 6.79. The van der Waals surface area contributed by atoms with E-state index >= 15 is 0 Å². The Morgan fingerprint density at radius 3 is 2.40 bits per heavy atom. The minimum Gasteiger partial charge on any atom is -0.368 e. The SMILES string of the molecule is C[C@@H](C#C[Si](C)(C)C)[C@@H]1OC(O)C[C@@H]1C. The largest absolute Gasteiger partial charge is 0.368 e. The van der Waals surface area contributed by atoms with Gasteiger partial charge in [-0.15, -0.1) is 11.5 Å². The lowest BCUT2D eigenvalue weighted by Crippen LogP contribution is -2.24. The summed E-state index contributed by atoms with van der Waals surface area (Å²) < 4.78 is 5.47. The molecule has 4 atom stereocenters. The molecule has 2 nitrogen and oxygen atoms in total. The van der Waals surface area contributed by atoms with Gasteiger partial charge in [0.2, 0.25) is 0 Å². The number of hydrogen-bond donors (Lipinski definition) is 1. The van der Waals surface area contributed by atoms with Crippen molar-refractivity contribution >= 4 is 8.07 Å². The Labute approximate surface area is 94.0 Å². The van der Waals surface area contributed by atoms with E-state index in [1.807, 2.05) is 0 Å². The second-order valence-electron chi connectivity index (χ2n) is 5.58. The minimum atomic E-state index is -1.29. The van der Waals surface area contributed by atoms with Crippen molar-refractivity contribution in [2.24, 2.45) is 11.8 Å². The van der Waals surface area contributed by atoms with E-state index in [0.29, 0.717) is 5.92 Å². The minimum absolute atomic E-state index is 0.101. The Kier molecular flexibility index (Phi) is 3.99. The van der Waals surface area contributed by atoms with Crippen molar-refractivity contribution in [1.29, 1.82) is 0 Å². The molecule has 1 aliphatic rings. The van der Waals surface area contributed by atoms with Crippen LogP contribution in [0, 0.1) is 23.3 Å². The molecule has 1 heterocycles. The highest BCUT2D eigenvalue weighted by molar-refractivity contribution is 6.83. The lowest BCUT2D eigenvalue weighted by Gasteiger charge is -2.18. The van der Waals surface area contributed by atoms with Crippen LogP contribution in [0.25, 0.3) is 0 Å². The summed E-state index contributed by atoms with van der Waals surface area (Å²) >= 11 is 0. The molecule has 86 valence electrons. The van der Waals surface area contributed by atoms with Gasteiger partial charge in [-0.25, -0.2) is 0 Å². The predicted octanol–water partition coefficient (Wildman–Crippen LogP) is 2.25. The summed E-state index contributed by atoms with van der Waals surface area (Å²) in [6, 6.07) is 0. The molecular formula is C12H22O2Si. The second kappa shape index (κ2) is 4.69. The maximum atomic E-state index is 9.39. The Morgan fingerprint density at radius 1 is 1.40 bits per heavy atom. The van der Waals surface area contributed by atoms with Crippen molar-refractivity contribution in [3.8, 4) is 11.5 Å². The van der Waals surface area contributed by atoms with Crippen LogP contribution in [0.1, 0.15) is 20.3 Å². The van der Waals surface area contributed by atoms with Gasteiger partial charge < -0.3 is 9.84 Å². The van der Waals surface area contributed by atoms with Gasteiger partial charge in [0.15, 0.2) is 6.29 Å². The first kappa shape index (κ1) is 12.8. The summed E-state index contributed by atoms with van der Waals surface area (Å²) in [5, 5.41) is 9.39. The molecule has 0 bridgehead atoms. The summed E-state index contributed by atoms with van der Waals surface area (Å²) in [6.45, 7) is 10.9. The van der Waals surface area contributed by atoms with Crippen molar-refractivity contribution in [2.75, 3.05) is 0 Å². The molecule has 15 heavy (non-hydrogen) atoms. The zero-order chi connectivity index (χ0) is 11.6. The van der Waals surface area contributed by atoms with Crippen LogP contribution in [0.3, 0.4) is 0 Å². The van der Waals surface area contributed by atoms with Crippen molar-refractivity contribution in [3.05, 3.63) is 0 Å². The van der Waals surface area contributed by atoms with Gasteiger partial charge in [-0.05, 0) is 12.8 Å². The molecular weight excluding hydrogens is 204 g/mol. The lowest BCUT2D eigenvalue weighted by atomic mass is 9.94. The summed E-state index contributed by atoms with van der Waals surface area (Å²) in [7, 11) is -1.29. The average molecular weight is 226 g/mol. The number of aliphatic hydroxyl groups excluding tert-OH is 1. The Hall–Kier alpha value is -0.303. The van der Waals surface area contributed by atoms with E-state index in [2.05, 4.69) is 45.0 Å². The van der Waals surface area contributed by atoms with E-state index in [0.717, 1.165) is 6.42 Å². The van der Waals surface area contributed by atoms with Gasteiger partial charge >= 0.3 is 0 Å². The monoisotopic (exact) mass is 226 g/mol. The first-order valence-corrected chi connectivity index (χ1v) is 9.16. The van der Waals surface area contributed by atoms with E-state index in [1.165, 1.54) is 0 Å². The highest BCUT2D eigenvalue weighted by atomic mass is 28.3. The lowest BCUT2D eigenvalue weighted by molar-refractivity contribution is -0.0995. The standard InChI is InChI=1S/C12H22O2Si/c1-9(6-7-15(3,4)5)12-10(2)8-11(13)14-12/h9-13H,8H2,1-5H3/t9-,10-,11?,12-/m0/s1. The van der Waals surface area contributed by atoms with E-state index in [4.69, 9.17) is 4.74 Å². The molecule has 0 spiro atoms. The van der Waals surface area contributed by atoms with Crippen molar-refractivity contribution in [1.82, 2.24) is 0 Å². The fourth-order valence-corrected chi connectivity index (χ4v) is 2.51. The quantitative estimate of drug-likeness (QED) is 0.549. The smallest absolute Gasteiger partial charge is 0.155 e. The summed E-state index contributed by atoms with van der Waals surface area (Å²) in [5.41, 5.74) is 3.36. The molecule has 0 saturated carbocycles. The Bertz CT molecular complexity index is 272. The van der Waals surface area contributed by atoms with Crippen LogP contribution >= 0.6 is 0 Å². The third kappa shape index (κ3) is 3.98. The molecule has 1 aliphatic heterocycles. The van der Waals surface area contributed by atoms with Crippen LogP contribution < -0.4 is 0 Å². The fraction of sp³-hybridized carbons (Fsp3) is 0.833. The van der Waals surface area contributed by atoms with Gasteiger partial charge in [-0.3, -0.25) is 0 Å². The predicted molar refractivity (Wildman–Crippen MR) is 64.9 cm³/mol. The Balaban J connectivity index is 2.60. The van der Waals surface area contributed by atoms with E-state index in [9.17, 15) is 5.11 Å². The van der Waals surface area contributed by atoms with Crippen LogP contribution in [0.4, 0.5) is 0 Å². The van der Waals surface area contributed by atoms with Crippen molar-refractivity contribution in [3.63, 3.8) is 0 Å². The Morgan fingerprint density at radius 2 is 2.00 bits per heavy atom. The van der Waals surface area contributed by atoms with Crippen molar-refractivity contribution in [2.45, 2.75) is 52.3 Å². The highest BCUT2D eigenvalue weighted by Crippen LogP contribution is 2.29. The molecule has 0 radical (unpaired) electrons. The molecule has 1 N–H and O–H groups in total. The zero-order valence-electron chi connectivity index (χ0n) is 10.4. The zero-order valence-corrected chi connectivity index (χ0v) is 11.4. The van der Waals surface area contributed by atoms with Gasteiger partial charge in [0.25, 0.3) is 0 Å². The van der Waals surface area contributed by atoms with E-state index in [1.54, 1.807) is 0 Å². The van der Waals surface area contributed by atoms with Crippen LogP contribution in [-0.4, -0.2) is 25.6 Å². The third-order valence-corrected chi connectivity index (χ3v) is 3.51. The number of rotatable bonds is 1. The second-order valence-corrected chi connectivity index (χ2v) is 10.3. The average Bonchev–Trinajstić information content (AvgIpc) is 2.40. The molecule has 1 saturated heterocycles. The molecule has 0 amide bonds. The van der Waals surface area contributed by atoms with E-state index in [-0.39, 0.29) is 12.0 Å². The van der Waals surface area contributed by atoms with E-state index < -0.39 is 14.4 Å². The molecule has 0 aliphatic carbocycles. The first-order valence-electron chi connectivity index (χ1n) is 5.66. The topological polar surface area (TPSA) is 29.5 Å². The third-order valence-electron chi connectivity index (χ3n) is 2.62. The number of aliphatic hydroxyl groups is 1. The maximum absolute atomic E-state index is 9.39. The molecule has 0 aromatic heterocycles. The number of hydrogen-bond acceptors (Lipinski definition) is 2. The summed E-state index contributed by atoms with van der Waals surface area (Å²) in [4.78, 5) is 0. The maximum Gasteiger partial charge on any atom is 0.155 e. The highest BCUT2D eigenvalue weighted by Gasteiger charge is 2.34. The summed E-state index contributed by atoms with van der Waals surface area (Å²) in [5.74, 6) is 3.93. The molecule has 0 aromatic carbocycles. The molecule has 3 heteroatoms. The van der Waals surface area contributed by atoms with Gasteiger partial charge in [-0.2, -0.15) is 0 Å². The van der Waals surface area contributed by atoms with Gasteiger partial charge in [0, 0.05) is 12.3 Å². The molecule has 1 fully saturated rings. The number of ether oxygens (including phenoxy) is 1. The summed E-state index contributed by atoms with van der Waals surface area (Å²) in [6.07, 6.45) is 0.258. The molecule has 1 unspecified atom stereocenters. The fourth-order valence-electron chi connectivity index (χ4n) is 1.85. The van der Waals surface area contributed by atoms with Crippen LogP contribution in [0.15, 0.2) is 0 Å². The van der Waals surface area contributed by atoms with Crippen LogP contribution in [0.2, 0.25) is 19.6 Å². The van der Waals surface area contributed by atoms with Gasteiger partial charge in [0.05, 0.1) is 6.10 Å². The molecule has 0 aromatic rings. The van der Waals surface area contributed by atoms with Gasteiger partial charge in [0.1, 0.15) is 8.07 Å². The molecule has 1 rings (SSSR count). The van der Waals surface area contributed by atoms with Crippen LogP contribution in [0.5, 0.6) is 0 Å². The van der Waals surface area contributed by atoms with Crippen LogP contribution in [-0.2, 0) is 4.74 Å². The normalized spacial score (nSPS) is 33.3. The van der Waals surface area contributed by atoms with Crippen molar-refractivity contribution < 1.29 is 9.84 Å². The van der Waals surface area contributed by atoms with Gasteiger partial charge in [-0.1, -0.05) is 26.6 Å².